The van der Waals surface area contributed by atoms with E-state index in [-0.39, 0.29) is 5.91 Å². The van der Waals surface area contributed by atoms with Gasteiger partial charge in [-0.1, -0.05) is 0 Å². The van der Waals surface area contributed by atoms with Crippen molar-refractivity contribution in [2.45, 2.75) is 33.8 Å². The van der Waals surface area contributed by atoms with Crippen molar-refractivity contribution in [1.82, 2.24) is 0 Å². The average Bonchev–Trinajstić information content (AvgIpc) is 2.70. The van der Waals surface area contributed by atoms with Gasteiger partial charge in [-0.2, -0.15) is 0 Å². The van der Waals surface area contributed by atoms with Crippen molar-refractivity contribution in [2.75, 3.05) is 28.6 Å². The molecule has 0 aromatic heterocycles. The van der Waals surface area contributed by atoms with Gasteiger partial charge >= 0.3 is 5.97 Å². The minimum atomic E-state index is -0.958. The summed E-state index contributed by atoms with van der Waals surface area (Å²) in [7, 11) is 0. The van der Waals surface area contributed by atoms with Crippen LogP contribution in [-0.4, -0.2) is 37.0 Å². The van der Waals surface area contributed by atoms with Crippen molar-refractivity contribution in [1.29, 1.82) is 0 Å². The second-order valence-corrected chi connectivity index (χ2v) is 6.51. The number of benzene rings is 2. The molecule has 0 aliphatic heterocycles. The molecule has 0 saturated heterocycles. The van der Waals surface area contributed by atoms with E-state index in [0.29, 0.717) is 16.9 Å². The second kappa shape index (κ2) is 10.3. The van der Waals surface area contributed by atoms with Crippen molar-refractivity contribution in [3.05, 3.63) is 54.1 Å². The van der Waals surface area contributed by atoms with E-state index in [1.54, 1.807) is 36.4 Å². The Morgan fingerprint density at radius 3 is 1.90 bits per heavy atom. The predicted molar refractivity (Wildman–Crippen MR) is 114 cm³/mol. The molecule has 2 aromatic carbocycles. The maximum atomic E-state index is 12.3. The molecule has 0 aliphatic rings. The van der Waals surface area contributed by atoms with Gasteiger partial charge in [0.05, 0.1) is 5.56 Å². The molecule has 0 unspecified atom stereocenters. The number of anilines is 3. The van der Waals surface area contributed by atoms with E-state index < -0.39 is 18.0 Å². The van der Waals surface area contributed by atoms with Gasteiger partial charge in [0, 0.05) is 37.1 Å². The van der Waals surface area contributed by atoms with E-state index in [9.17, 15) is 14.4 Å². The topological polar surface area (TPSA) is 87.7 Å². The smallest absolute Gasteiger partial charge is 0.338 e. The third-order valence-electron chi connectivity index (χ3n) is 4.36. The van der Waals surface area contributed by atoms with E-state index >= 15 is 0 Å². The summed E-state index contributed by atoms with van der Waals surface area (Å²) in [5, 5.41) is 5.33. The lowest BCUT2D eigenvalue weighted by atomic mass is 10.2. The normalized spacial score (nSPS) is 11.3. The van der Waals surface area contributed by atoms with Crippen LogP contribution in [0.4, 0.5) is 17.1 Å². The van der Waals surface area contributed by atoms with Gasteiger partial charge in [-0.3, -0.25) is 9.59 Å². The van der Waals surface area contributed by atoms with Gasteiger partial charge in [0.25, 0.3) is 5.91 Å². The predicted octanol–water partition coefficient (Wildman–Crippen LogP) is 3.68. The summed E-state index contributed by atoms with van der Waals surface area (Å²) >= 11 is 0. The number of amides is 2. The van der Waals surface area contributed by atoms with Crippen LogP contribution in [0.15, 0.2) is 48.5 Å². The zero-order chi connectivity index (χ0) is 21.4. The van der Waals surface area contributed by atoms with Gasteiger partial charge in [0.2, 0.25) is 5.91 Å². The number of hydrogen-bond donors (Lipinski definition) is 2. The van der Waals surface area contributed by atoms with Crippen LogP contribution in [0.1, 0.15) is 38.1 Å². The summed E-state index contributed by atoms with van der Waals surface area (Å²) in [4.78, 5) is 37.8. The summed E-state index contributed by atoms with van der Waals surface area (Å²) in [6, 6.07) is 13.8. The van der Waals surface area contributed by atoms with E-state index in [0.717, 1.165) is 18.8 Å². The molecule has 2 rings (SSSR count). The Hall–Kier alpha value is -3.35. The molecule has 29 heavy (non-hydrogen) atoms. The summed E-state index contributed by atoms with van der Waals surface area (Å²) < 4.78 is 5.28. The van der Waals surface area contributed by atoms with E-state index in [4.69, 9.17) is 4.74 Å². The van der Waals surface area contributed by atoms with Gasteiger partial charge in [0.1, 0.15) is 0 Å². The van der Waals surface area contributed by atoms with Gasteiger partial charge in [0.15, 0.2) is 6.10 Å². The molecule has 2 aromatic rings. The molecule has 7 nitrogen and oxygen atoms in total. The zero-order valence-electron chi connectivity index (χ0n) is 17.2. The van der Waals surface area contributed by atoms with Crippen molar-refractivity contribution in [2.24, 2.45) is 0 Å². The van der Waals surface area contributed by atoms with Gasteiger partial charge in [-0.05, 0) is 69.3 Å². The first-order valence-corrected chi connectivity index (χ1v) is 9.58. The number of nitrogens with zero attached hydrogens (tertiary/aromatic N) is 1. The van der Waals surface area contributed by atoms with Gasteiger partial charge in [-0.25, -0.2) is 4.79 Å². The van der Waals surface area contributed by atoms with Crippen LogP contribution in [0.25, 0.3) is 0 Å². The molecule has 2 N–H and O–H groups in total. The molecular formula is C22H27N3O4. The summed E-state index contributed by atoms with van der Waals surface area (Å²) in [6.45, 7) is 8.83. The van der Waals surface area contributed by atoms with Crippen LogP contribution in [0.3, 0.4) is 0 Å². The first-order valence-electron chi connectivity index (χ1n) is 9.58. The number of ether oxygens (including phenoxy) is 1. The van der Waals surface area contributed by atoms with Gasteiger partial charge in [-0.15, -0.1) is 0 Å². The maximum Gasteiger partial charge on any atom is 0.338 e. The lowest BCUT2D eigenvalue weighted by molar-refractivity contribution is -0.123. The van der Waals surface area contributed by atoms with Crippen molar-refractivity contribution >= 4 is 34.8 Å². The van der Waals surface area contributed by atoms with E-state index in [1.807, 2.05) is 12.1 Å². The largest absolute Gasteiger partial charge is 0.449 e. The van der Waals surface area contributed by atoms with Crippen molar-refractivity contribution < 1.29 is 19.1 Å². The maximum absolute atomic E-state index is 12.3. The SMILES string of the molecule is CCN(CC)c1ccc(C(=O)O[C@H](C)C(=O)Nc2ccc(NC(C)=O)cc2)cc1. The quantitative estimate of drug-likeness (QED) is 0.664. The Balaban J connectivity index is 1.93. The standard InChI is InChI=1S/C22H27N3O4/c1-5-25(6-2)20-13-7-17(8-14-20)22(28)29-15(3)21(27)24-19-11-9-18(10-12-19)23-16(4)26/h7-15H,5-6H2,1-4H3,(H,23,26)(H,24,27)/t15-/m1/s1. The van der Waals surface area contributed by atoms with E-state index in [2.05, 4.69) is 29.4 Å². The van der Waals surface area contributed by atoms with Crippen LogP contribution in [0.5, 0.6) is 0 Å². The Bertz CT molecular complexity index is 843. The molecule has 7 heteroatoms. The first kappa shape index (κ1) is 21.9. The average molecular weight is 397 g/mol. The van der Waals surface area contributed by atoms with Crippen LogP contribution in [0, 0.1) is 0 Å². The Labute approximate surface area is 171 Å². The summed E-state index contributed by atoms with van der Waals surface area (Å²) in [5.41, 5.74) is 2.58. The van der Waals surface area contributed by atoms with Crippen molar-refractivity contribution in [3.63, 3.8) is 0 Å². The summed E-state index contributed by atoms with van der Waals surface area (Å²) in [5.74, 6) is -1.17. The zero-order valence-corrected chi connectivity index (χ0v) is 17.2. The molecule has 1 atom stereocenters. The number of carbonyl (C=O) groups excluding carboxylic acids is 3. The fourth-order valence-electron chi connectivity index (χ4n) is 2.76. The molecule has 2 amide bonds. The minimum Gasteiger partial charge on any atom is -0.449 e. The molecule has 0 aliphatic carbocycles. The highest BCUT2D eigenvalue weighted by atomic mass is 16.5. The highest BCUT2D eigenvalue weighted by Crippen LogP contribution is 2.17. The highest BCUT2D eigenvalue weighted by Gasteiger charge is 2.19. The molecule has 0 radical (unpaired) electrons. The monoisotopic (exact) mass is 397 g/mol. The number of hydrogen-bond acceptors (Lipinski definition) is 5. The summed E-state index contributed by atoms with van der Waals surface area (Å²) in [6.07, 6.45) is -0.958. The Morgan fingerprint density at radius 1 is 0.897 bits per heavy atom. The van der Waals surface area contributed by atoms with E-state index in [1.165, 1.54) is 13.8 Å². The fourth-order valence-corrected chi connectivity index (χ4v) is 2.76. The minimum absolute atomic E-state index is 0.174. The lowest BCUT2D eigenvalue weighted by Crippen LogP contribution is -2.30. The van der Waals surface area contributed by atoms with Crippen LogP contribution in [-0.2, 0) is 14.3 Å². The molecule has 0 bridgehead atoms. The van der Waals surface area contributed by atoms with Gasteiger partial charge < -0.3 is 20.3 Å². The highest BCUT2D eigenvalue weighted by molar-refractivity contribution is 5.97. The second-order valence-electron chi connectivity index (χ2n) is 6.51. The molecule has 0 heterocycles. The number of rotatable bonds is 8. The number of esters is 1. The van der Waals surface area contributed by atoms with Crippen LogP contribution < -0.4 is 15.5 Å². The molecule has 154 valence electrons. The lowest BCUT2D eigenvalue weighted by Gasteiger charge is -2.21. The fraction of sp³-hybridized carbons (Fsp3) is 0.318. The Morgan fingerprint density at radius 2 is 1.41 bits per heavy atom. The Kier molecular flexibility index (Phi) is 7.77. The third-order valence-corrected chi connectivity index (χ3v) is 4.36. The molecule has 0 saturated carbocycles. The van der Waals surface area contributed by atoms with Crippen molar-refractivity contribution in [3.8, 4) is 0 Å². The molecule has 0 spiro atoms. The molecule has 0 fully saturated rings. The first-order chi connectivity index (χ1) is 13.8. The third kappa shape index (κ3) is 6.34. The number of nitrogens with one attached hydrogen (secondary N) is 2. The van der Waals surface area contributed by atoms with Crippen LogP contribution in [0.2, 0.25) is 0 Å². The number of carbonyl (C=O) groups is 3. The van der Waals surface area contributed by atoms with Crippen LogP contribution >= 0.6 is 0 Å². The molecular weight excluding hydrogens is 370 g/mol.